The SMILES string of the molecule is C[C@@H](O)[C@H](O)[C@@H]1[C@@H](N=N)[C@@]2(N(C)C)NC(=O)[C@]1(c1ccccc1)S2. The summed E-state index contributed by atoms with van der Waals surface area (Å²) in [4.78, 5) is 13.9. The minimum absolute atomic E-state index is 0.225. The topological polar surface area (TPSA) is 109 Å². The maximum absolute atomic E-state index is 13.0. The highest BCUT2D eigenvalue weighted by molar-refractivity contribution is 8.03. The molecule has 2 aliphatic heterocycles. The smallest absolute Gasteiger partial charge is 0.243 e. The number of carbonyl (C=O) groups is 1. The van der Waals surface area contributed by atoms with Crippen LogP contribution >= 0.6 is 11.8 Å². The van der Waals surface area contributed by atoms with Gasteiger partial charge in [-0.25, -0.2) is 5.53 Å². The summed E-state index contributed by atoms with van der Waals surface area (Å²) in [7, 11) is 3.62. The van der Waals surface area contributed by atoms with Crippen LogP contribution in [0.5, 0.6) is 0 Å². The minimum atomic E-state index is -1.18. The van der Waals surface area contributed by atoms with Crippen LogP contribution in [0.2, 0.25) is 0 Å². The molecule has 1 amide bonds. The maximum atomic E-state index is 13.0. The normalized spacial score (nSPS) is 37.3. The van der Waals surface area contributed by atoms with Crippen LogP contribution in [-0.2, 0) is 9.54 Å². The molecular weight excluding hydrogens is 328 g/mol. The van der Waals surface area contributed by atoms with Gasteiger partial charge in [0, 0.05) is 5.92 Å². The third-order valence-corrected chi connectivity index (χ3v) is 7.06. The number of nitrogens with zero attached hydrogens (tertiary/aromatic N) is 2. The Balaban J connectivity index is 2.23. The summed E-state index contributed by atoms with van der Waals surface area (Å²) in [5.41, 5.74) is 8.44. The van der Waals surface area contributed by atoms with Crippen LogP contribution in [-0.4, -0.2) is 58.4 Å². The number of aliphatic hydroxyl groups excluding tert-OH is 2. The van der Waals surface area contributed by atoms with E-state index in [4.69, 9.17) is 5.53 Å². The zero-order valence-electron chi connectivity index (χ0n) is 13.8. The minimum Gasteiger partial charge on any atom is -0.391 e. The lowest BCUT2D eigenvalue weighted by Gasteiger charge is -2.43. The summed E-state index contributed by atoms with van der Waals surface area (Å²) < 4.78 is -1.10. The van der Waals surface area contributed by atoms with Gasteiger partial charge in [0.1, 0.15) is 10.8 Å². The van der Waals surface area contributed by atoms with Crippen molar-refractivity contribution < 1.29 is 15.0 Å². The Kier molecular flexibility index (Phi) is 4.19. The number of nitrogens with one attached hydrogen (secondary N) is 2. The van der Waals surface area contributed by atoms with Gasteiger partial charge in [0.05, 0.1) is 12.2 Å². The molecule has 2 bridgehead atoms. The zero-order chi connectivity index (χ0) is 17.7. The van der Waals surface area contributed by atoms with E-state index in [9.17, 15) is 15.0 Å². The molecule has 130 valence electrons. The Morgan fingerprint density at radius 2 is 1.96 bits per heavy atom. The Bertz CT molecular complexity index is 656. The Morgan fingerprint density at radius 3 is 2.46 bits per heavy atom. The van der Waals surface area contributed by atoms with Gasteiger partial charge in [-0.2, -0.15) is 5.11 Å². The number of fused-ring (bicyclic) bond motifs is 2. The maximum Gasteiger partial charge on any atom is 0.243 e. The van der Waals surface area contributed by atoms with Crippen molar-refractivity contribution in [3.63, 3.8) is 0 Å². The van der Waals surface area contributed by atoms with Crippen LogP contribution in [0.15, 0.2) is 35.4 Å². The van der Waals surface area contributed by atoms with Crippen LogP contribution in [0, 0.1) is 11.4 Å². The van der Waals surface area contributed by atoms with Crippen LogP contribution in [0.25, 0.3) is 0 Å². The highest BCUT2D eigenvalue weighted by Gasteiger charge is 2.75. The molecule has 2 aliphatic rings. The predicted octanol–water partition coefficient (Wildman–Crippen LogP) is 0.731. The molecule has 2 fully saturated rings. The second kappa shape index (κ2) is 5.80. The molecule has 2 saturated heterocycles. The third-order valence-electron chi connectivity index (χ3n) is 5.03. The van der Waals surface area contributed by atoms with E-state index in [1.165, 1.54) is 18.7 Å². The van der Waals surface area contributed by atoms with Crippen LogP contribution in [0.4, 0.5) is 0 Å². The van der Waals surface area contributed by atoms with E-state index >= 15 is 0 Å². The van der Waals surface area contributed by atoms with Crippen molar-refractivity contribution in [2.24, 2.45) is 11.0 Å². The lowest BCUT2D eigenvalue weighted by Crippen LogP contribution is -2.66. The number of hydrogen-bond donors (Lipinski definition) is 4. The molecule has 1 aromatic rings. The number of hydrogen-bond acceptors (Lipinski definition) is 7. The predicted molar refractivity (Wildman–Crippen MR) is 90.4 cm³/mol. The quantitative estimate of drug-likeness (QED) is 0.586. The standard InChI is InChI=1S/C16H22N4O3S/c1-9(21)12(22)11-13(19-17)16(20(2)3)18-14(23)15(11,24-16)10-7-5-4-6-8-10/h4-9,11-13,17,21-22H,1-3H3,(H,18,23)/t9-,11-,12+,13-,15-,16+/m1/s1. The first-order chi connectivity index (χ1) is 11.3. The van der Waals surface area contributed by atoms with Gasteiger partial charge < -0.3 is 15.5 Å². The molecule has 0 aliphatic carbocycles. The Hall–Kier alpha value is -1.48. The molecule has 2 heterocycles. The molecule has 6 atom stereocenters. The van der Waals surface area contributed by atoms with Crippen molar-refractivity contribution in [3.05, 3.63) is 35.9 Å². The summed E-state index contributed by atoms with van der Waals surface area (Å²) in [6.07, 6.45) is -2.21. The molecule has 0 saturated carbocycles. The van der Waals surface area contributed by atoms with E-state index in [2.05, 4.69) is 10.4 Å². The summed E-state index contributed by atoms with van der Waals surface area (Å²) >= 11 is 1.36. The van der Waals surface area contributed by atoms with E-state index in [0.717, 1.165) is 5.56 Å². The van der Waals surface area contributed by atoms with E-state index in [-0.39, 0.29) is 5.91 Å². The van der Waals surface area contributed by atoms with E-state index < -0.39 is 33.9 Å². The van der Waals surface area contributed by atoms with Gasteiger partial charge in [-0.05, 0) is 26.6 Å². The van der Waals surface area contributed by atoms with Gasteiger partial charge in [-0.3, -0.25) is 9.69 Å². The van der Waals surface area contributed by atoms with Gasteiger partial charge in [-0.15, -0.1) is 0 Å². The number of rotatable bonds is 5. The number of benzene rings is 1. The number of thioether (sulfide) groups is 1. The molecule has 0 unspecified atom stereocenters. The number of likely N-dealkylation sites (N-methyl/N-ethyl adjacent to an activating group) is 1. The van der Waals surface area contributed by atoms with Crippen LogP contribution < -0.4 is 5.32 Å². The largest absolute Gasteiger partial charge is 0.391 e. The fourth-order valence-electron chi connectivity index (χ4n) is 3.82. The highest BCUT2D eigenvalue weighted by atomic mass is 32.2. The zero-order valence-corrected chi connectivity index (χ0v) is 14.6. The van der Waals surface area contributed by atoms with Crippen LogP contribution in [0.1, 0.15) is 12.5 Å². The lowest BCUT2D eigenvalue weighted by molar-refractivity contribution is -0.135. The van der Waals surface area contributed by atoms with Crippen molar-refractivity contribution in [1.29, 1.82) is 5.53 Å². The summed E-state index contributed by atoms with van der Waals surface area (Å²) in [6.45, 7) is 1.49. The number of carbonyl (C=O) groups excluding carboxylic acids is 1. The fourth-order valence-corrected chi connectivity index (χ4v) is 5.76. The van der Waals surface area contributed by atoms with Crippen molar-refractivity contribution in [2.75, 3.05) is 14.1 Å². The molecule has 1 aromatic carbocycles. The average Bonchev–Trinajstić information content (AvgIpc) is 3.04. The van der Waals surface area contributed by atoms with Gasteiger partial charge in [0.2, 0.25) is 5.91 Å². The number of aliphatic hydroxyl groups is 2. The van der Waals surface area contributed by atoms with Gasteiger partial charge >= 0.3 is 0 Å². The molecule has 7 nitrogen and oxygen atoms in total. The molecule has 0 radical (unpaired) electrons. The highest BCUT2D eigenvalue weighted by Crippen LogP contribution is 2.65. The van der Waals surface area contributed by atoms with Gasteiger partial charge in [-0.1, -0.05) is 42.1 Å². The van der Waals surface area contributed by atoms with E-state index in [0.29, 0.717) is 0 Å². The van der Waals surface area contributed by atoms with E-state index in [1.807, 2.05) is 49.3 Å². The second-order valence-electron chi connectivity index (χ2n) is 6.58. The summed E-state index contributed by atoms with van der Waals surface area (Å²) in [5.74, 6) is -0.935. The molecule has 4 N–H and O–H groups in total. The second-order valence-corrected chi connectivity index (χ2v) is 8.05. The van der Waals surface area contributed by atoms with Crippen molar-refractivity contribution >= 4 is 17.7 Å². The van der Waals surface area contributed by atoms with Gasteiger partial charge in [0.25, 0.3) is 0 Å². The lowest BCUT2D eigenvalue weighted by atomic mass is 9.72. The van der Waals surface area contributed by atoms with Crippen molar-refractivity contribution in [2.45, 2.75) is 34.9 Å². The third kappa shape index (κ3) is 2.07. The first kappa shape index (κ1) is 17.3. The monoisotopic (exact) mass is 350 g/mol. The number of amides is 1. The Labute approximate surface area is 144 Å². The van der Waals surface area contributed by atoms with E-state index in [1.54, 1.807) is 0 Å². The molecule has 0 aromatic heterocycles. The number of piperidine rings is 1. The van der Waals surface area contributed by atoms with Crippen molar-refractivity contribution in [1.82, 2.24) is 10.2 Å². The molecule has 24 heavy (non-hydrogen) atoms. The molecule has 8 heteroatoms. The summed E-state index contributed by atoms with van der Waals surface area (Å²) in [5, 5.41) is 27.4. The first-order valence-electron chi connectivity index (χ1n) is 7.79. The molecule has 3 rings (SSSR count). The van der Waals surface area contributed by atoms with Crippen molar-refractivity contribution in [3.8, 4) is 0 Å². The fraction of sp³-hybridized carbons (Fsp3) is 0.562. The average molecular weight is 350 g/mol. The summed E-state index contributed by atoms with van der Waals surface area (Å²) in [6, 6.07) is 8.53. The molecule has 0 spiro atoms. The Morgan fingerprint density at radius 1 is 1.33 bits per heavy atom. The van der Waals surface area contributed by atoms with Crippen LogP contribution in [0.3, 0.4) is 0 Å². The van der Waals surface area contributed by atoms with Gasteiger partial charge in [0.15, 0.2) is 4.99 Å². The first-order valence-corrected chi connectivity index (χ1v) is 8.61. The molecular formula is C16H22N4O3S.